The van der Waals surface area contributed by atoms with Crippen LogP contribution in [0, 0.1) is 11.3 Å². The summed E-state index contributed by atoms with van der Waals surface area (Å²) in [7, 11) is -3.27. The number of nitrogens with one attached hydrogen (secondary N) is 1. The van der Waals surface area contributed by atoms with E-state index in [-0.39, 0.29) is 6.04 Å². The molecule has 0 aromatic heterocycles. The van der Waals surface area contributed by atoms with Gasteiger partial charge in [-0.1, -0.05) is 6.07 Å². The summed E-state index contributed by atoms with van der Waals surface area (Å²) in [5.74, 6) is 1.37. The standard InChI is InChI=1S/C19H20N2O3S/c1-13(2)25(22,23)21-17-9-15-5-8-19(11-16(15)10-17)24-18-6-3-14(12-20)4-7-18/h3-8,11,13,17,21H,9-10H2,1-2H3. The van der Waals surface area contributed by atoms with E-state index in [1.807, 2.05) is 18.2 Å². The highest BCUT2D eigenvalue weighted by Gasteiger charge is 2.27. The van der Waals surface area contributed by atoms with E-state index in [1.165, 1.54) is 0 Å². The predicted octanol–water partition coefficient (Wildman–Crippen LogP) is 3.15. The maximum absolute atomic E-state index is 12.0. The molecule has 0 spiro atoms. The number of nitriles is 1. The molecule has 1 atom stereocenters. The van der Waals surface area contributed by atoms with E-state index in [1.54, 1.807) is 38.1 Å². The average molecular weight is 356 g/mol. The van der Waals surface area contributed by atoms with Crippen LogP contribution >= 0.6 is 0 Å². The number of nitrogens with zero attached hydrogens (tertiary/aromatic N) is 1. The number of fused-ring (bicyclic) bond motifs is 1. The average Bonchev–Trinajstić information content (AvgIpc) is 2.96. The number of rotatable bonds is 5. The predicted molar refractivity (Wildman–Crippen MR) is 96.1 cm³/mol. The van der Waals surface area contributed by atoms with Crippen molar-refractivity contribution < 1.29 is 13.2 Å². The van der Waals surface area contributed by atoms with Crippen LogP contribution in [0.5, 0.6) is 11.5 Å². The van der Waals surface area contributed by atoms with Crippen LogP contribution in [0.1, 0.15) is 30.5 Å². The summed E-state index contributed by atoms with van der Waals surface area (Å²) in [6, 6.07) is 14.7. The third-order valence-corrected chi connectivity index (χ3v) is 6.18. The van der Waals surface area contributed by atoms with Crippen molar-refractivity contribution in [3.8, 4) is 17.6 Å². The molecule has 1 N–H and O–H groups in total. The Bertz CT molecular complexity index is 913. The highest BCUT2D eigenvalue weighted by atomic mass is 32.2. The lowest BCUT2D eigenvalue weighted by atomic mass is 10.1. The van der Waals surface area contributed by atoms with Crippen LogP contribution in [0.3, 0.4) is 0 Å². The molecule has 3 rings (SSSR count). The van der Waals surface area contributed by atoms with Gasteiger partial charge >= 0.3 is 0 Å². The third-order valence-electron chi connectivity index (χ3n) is 4.28. The highest BCUT2D eigenvalue weighted by Crippen LogP contribution is 2.29. The molecule has 2 aromatic rings. The molecule has 2 aromatic carbocycles. The second kappa shape index (κ2) is 6.87. The van der Waals surface area contributed by atoms with Gasteiger partial charge in [0, 0.05) is 6.04 Å². The first-order valence-corrected chi connectivity index (χ1v) is 9.73. The lowest BCUT2D eigenvalue weighted by molar-refractivity contribution is 0.482. The van der Waals surface area contributed by atoms with Crippen LogP contribution in [0.15, 0.2) is 42.5 Å². The minimum absolute atomic E-state index is 0.104. The van der Waals surface area contributed by atoms with Gasteiger partial charge in [-0.05, 0) is 74.2 Å². The molecular weight excluding hydrogens is 336 g/mol. The molecule has 0 amide bonds. The van der Waals surface area contributed by atoms with Crippen molar-refractivity contribution in [3.05, 3.63) is 59.2 Å². The van der Waals surface area contributed by atoms with Gasteiger partial charge < -0.3 is 4.74 Å². The van der Waals surface area contributed by atoms with Crippen molar-refractivity contribution >= 4 is 10.0 Å². The van der Waals surface area contributed by atoms with Gasteiger partial charge in [0.05, 0.1) is 16.9 Å². The van der Waals surface area contributed by atoms with Crippen LogP contribution < -0.4 is 9.46 Å². The second-order valence-electron chi connectivity index (χ2n) is 6.49. The summed E-state index contributed by atoms with van der Waals surface area (Å²) in [4.78, 5) is 0. The minimum atomic E-state index is -3.27. The Morgan fingerprint density at radius 3 is 2.36 bits per heavy atom. The maximum atomic E-state index is 12.0. The van der Waals surface area contributed by atoms with E-state index >= 15 is 0 Å². The van der Waals surface area contributed by atoms with Gasteiger partial charge in [0.2, 0.25) is 10.0 Å². The zero-order valence-electron chi connectivity index (χ0n) is 14.2. The smallest absolute Gasteiger partial charge is 0.214 e. The lowest BCUT2D eigenvalue weighted by Crippen LogP contribution is -2.39. The van der Waals surface area contributed by atoms with Crippen molar-refractivity contribution in [2.75, 3.05) is 0 Å². The number of ether oxygens (including phenoxy) is 1. The first-order valence-electron chi connectivity index (χ1n) is 8.18. The highest BCUT2D eigenvalue weighted by molar-refractivity contribution is 7.90. The van der Waals surface area contributed by atoms with E-state index in [0.29, 0.717) is 29.9 Å². The Balaban J connectivity index is 1.70. The van der Waals surface area contributed by atoms with Crippen LogP contribution in [0.4, 0.5) is 0 Å². The fraction of sp³-hybridized carbons (Fsp3) is 0.316. The van der Waals surface area contributed by atoms with Crippen LogP contribution in [0.25, 0.3) is 0 Å². The largest absolute Gasteiger partial charge is 0.457 e. The SMILES string of the molecule is CC(C)S(=O)(=O)NC1Cc2ccc(Oc3ccc(C#N)cc3)cc2C1. The fourth-order valence-corrected chi connectivity index (χ4v) is 3.75. The number of hydrogen-bond acceptors (Lipinski definition) is 4. The molecular formula is C19H20N2O3S. The summed E-state index contributed by atoms with van der Waals surface area (Å²) in [5.41, 5.74) is 2.83. The van der Waals surface area contributed by atoms with Crippen molar-refractivity contribution in [2.24, 2.45) is 0 Å². The fourth-order valence-electron chi connectivity index (χ4n) is 2.84. The van der Waals surface area contributed by atoms with E-state index in [0.717, 1.165) is 11.1 Å². The van der Waals surface area contributed by atoms with Crippen molar-refractivity contribution in [1.82, 2.24) is 4.72 Å². The molecule has 0 bridgehead atoms. The quantitative estimate of drug-likeness (QED) is 0.892. The zero-order valence-corrected chi connectivity index (χ0v) is 15.0. The molecule has 1 aliphatic carbocycles. The summed E-state index contributed by atoms with van der Waals surface area (Å²) in [6.45, 7) is 3.35. The van der Waals surface area contributed by atoms with Gasteiger partial charge in [0.1, 0.15) is 11.5 Å². The first kappa shape index (κ1) is 17.5. The van der Waals surface area contributed by atoms with Gasteiger partial charge in [-0.2, -0.15) is 5.26 Å². The lowest BCUT2D eigenvalue weighted by Gasteiger charge is -2.14. The molecule has 5 nitrogen and oxygen atoms in total. The van der Waals surface area contributed by atoms with E-state index in [2.05, 4.69) is 10.8 Å². The van der Waals surface area contributed by atoms with E-state index < -0.39 is 15.3 Å². The molecule has 0 heterocycles. The number of sulfonamides is 1. The van der Waals surface area contributed by atoms with Crippen LogP contribution in [-0.2, 0) is 22.9 Å². The Morgan fingerprint density at radius 2 is 1.72 bits per heavy atom. The molecule has 0 saturated heterocycles. The van der Waals surface area contributed by atoms with E-state index in [4.69, 9.17) is 10.00 Å². The number of hydrogen-bond donors (Lipinski definition) is 1. The Labute approximate surface area is 148 Å². The number of benzene rings is 2. The second-order valence-corrected chi connectivity index (χ2v) is 8.75. The summed E-state index contributed by atoms with van der Waals surface area (Å²) < 4.78 is 32.7. The first-order chi connectivity index (χ1) is 11.9. The van der Waals surface area contributed by atoms with Crippen molar-refractivity contribution in [3.63, 3.8) is 0 Å². The Morgan fingerprint density at radius 1 is 1.08 bits per heavy atom. The van der Waals surface area contributed by atoms with Gasteiger partial charge in [-0.25, -0.2) is 13.1 Å². The van der Waals surface area contributed by atoms with Gasteiger partial charge in [0.15, 0.2) is 0 Å². The molecule has 1 aliphatic rings. The molecule has 25 heavy (non-hydrogen) atoms. The summed E-state index contributed by atoms with van der Waals surface area (Å²) in [5, 5.41) is 8.39. The molecule has 0 saturated carbocycles. The Kier molecular flexibility index (Phi) is 4.80. The molecule has 0 aliphatic heterocycles. The van der Waals surface area contributed by atoms with Crippen LogP contribution in [0.2, 0.25) is 0 Å². The van der Waals surface area contributed by atoms with Crippen molar-refractivity contribution in [1.29, 1.82) is 5.26 Å². The monoisotopic (exact) mass is 356 g/mol. The topological polar surface area (TPSA) is 79.2 Å². The van der Waals surface area contributed by atoms with E-state index in [9.17, 15) is 8.42 Å². The third kappa shape index (κ3) is 4.01. The van der Waals surface area contributed by atoms with Gasteiger partial charge in [-0.15, -0.1) is 0 Å². The summed E-state index contributed by atoms with van der Waals surface area (Å²) in [6.07, 6.45) is 1.35. The molecule has 1 unspecified atom stereocenters. The van der Waals surface area contributed by atoms with Crippen molar-refractivity contribution in [2.45, 2.75) is 38.0 Å². The molecule has 0 fully saturated rings. The molecule has 0 radical (unpaired) electrons. The molecule has 6 heteroatoms. The Hall–Kier alpha value is -2.36. The van der Waals surface area contributed by atoms with Gasteiger partial charge in [-0.3, -0.25) is 0 Å². The van der Waals surface area contributed by atoms with Crippen LogP contribution in [-0.4, -0.2) is 19.7 Å². The minimum Gasteiger partial charge on any atom is -0.457 e. The van der Waals surface area contributed by atoms with Gasteiger partial charge in [0.25, 0.3) is 0 Å². The molecule has 130 valence electrons. The summed E-state index contributed by atoms with van der Waals surface area (Å²) >= 11 is 0. The zero-order chi connectivity index (χ0) is 18.0. The normalized spacial score (nSPS) is 16.5. The maximum Gasteiger partial charge on any atom is 0.214 e.